The number of hydroxylamine groups is 2. The molecule has 3 saturated heterocycles. The van der Waals surface area contributed by atoms with E-state index in [0.717, 1.165) is 11.1 Å². The summed E-state index contributed by atoms with van der Waals surface area (Å²) in [5.74, 6) is -3.33. The first-order chi connectivity index (χ1) is 37.0. The van der Waals surface area contributed by atoms with Gasteiger partial charge in [-0.05, 0) is 37.1 Å². The Morgan fingerprint density at radius 1 is 0.769 bits per heavy atom. The number of carbonyl (C=O) groups excluding carboxylic acids is 6. The van der Waals surface area contributed by atoms with Gasteiger partial charge in [0, 0.05) is 69.6 Å². The quantitative estimate of drug-likeness (QED) is 0.0328. The fourth-order valence-electron chi connectivity index (χ4n) is 9.38. The van der Waals surface area contributed by atoms with Gasteiger partial charge >= 0.3 is 28.7 Å². The number of carbonyl (C=O) groups is 6. The number of nitrogens with one attached hydrogen (secondary N) is 2. The number of hydrogen-bond donors (Lipinski definition) is 4. The lowest BCUT2D eigenvalue weighted by atomic mass is 10.1. The van der Waals surface area contributed by atoms with Gasteiger partial charge in [0.15, 0.2) is 45.3 Å². The van der Waals surface area contributed by atoms with Crippen molar-refractivity contribution in [2.75, 3.05) is 99.8 Å². The molecule has 7 atom stereocenters. The lowest BCUT2D eigenvalue weighted by Gasteiger charge is -2.27. The predicted molar refractivity (Wildman–Crippen MR) is 285 cm³/mol. The predicted octanol–water partition coefficient (Wildman–Crippen LogP) is 3.22. The van der Waals surface area contributed by atoms with E-state index in [1.165, 1.54) is 72.0 Å². The molecule has 5 unspecified atom stereocenters. The highest BCUT2D eigenvalue weighted by atomic mass is 32.2. The van der Waals surface area contributed by atoms with Crippen LogP contribution in [0.3, 0.4) is 0 Å². The lowest BCUT2D eigenvalue weighted by molar-refractivity contribution is -0.197. The molecule has 0 saturated carbocycles. The van der Waals surface area contributed by atoms with Crippen LogP contribution in [-0.4, -0.2) is 195 Å². The topological polar surface area (TPSA) is 330 Å². The molecule has 31 heteroatoms. The molecule has 2 aromatic carbocycles. The zero-order valence-corrected chi connectivity index (χ0v) is 47.0. The molecule has 0 radical (unpaired) electrons. The number of fused-ring (bicyclic) bond motifs is 4. The van der Waals surface area contributed by atoms with Crippen molar-refractivity contribution in [1.29, 1.82) is 0 Å². The average molecular weight is 1190 g/mol. The summed E-state index contributed by atoms with van der Waals surface area (Å²) in [6.45, 7) is 7.94. The number of rotatable bonds is 27. The number of benzene rings is 2. The minimum atomic E-state index is -3.71. The Balaban J connectivity index is 1.01. The SMILES string of the molecule is C=C1C[C@@H]2C(OS(=O)O)Nc3cc(OCCP(=O)(CCOc4cc5c(cc4OC)C(=O)N4CC(=C)C[C@H]4C(OS(=O)O)N5)CN(C)C(=O)CCCSCCS(=O)(=O)CCC(=O)ON4C(=O)CCC4=O)c(OC)cc3C(=O)N2C1. The Morgan fingerprint density at radius 2 is 1.26 bits per heavy atom. The zero-order valence-electron chi connectivity index (χ0n) is 42.9. The van der Waals surface area contributed by atoms with E-state index in [-0.39, 0.29) is 127 Å². The number of imide groups is 1. The van der Waals surface area contributed by atoms with Crippen LogP contribution in [0.5, 0.6) is 23.0 Å². The van der Waals surface area contributed by atoms with E-state index in [9.17, 15) is 54.7 Å². The third kappa shape index (κ3) is 15.0. The van der Waals surface area contributed by atoms with Gasteiger partial charge in [-0.1, -0.05) is 24.3 Å². The van der Waals surface area contributed by atoms with E-state index in [2.05, 4.69) is 23.8 Å². The van der Waals surface area contributed by atoms with Crippen LogP contribution in [0.2, 0.25) is 0 Å². The number of methoxy groups -OCH3 is 2. The van der Waals surface area contributed by atoms with Crippen molar-refractivity contribution < 1.29 is 91.4 Å². The second-order valence-electron chi connectivity index (χ2n) is 18.9. The van der Waals surface area contributed by atoms with Gasteiger partial charge in [-0.3, -0.25) is 33.1 Å². The molecule has 0 spiro atoms. The van der Waals surface area contributed by atoms with Crippen molar-refractivity contribution in [1.82, 2.24) is 19.8 Å². The van der Waals surface area contributed by atoms with Gasteiger partial charge in [0.25, 0.3) is 23.6 Å². The highest BCUT2D eigenvalue weighted by Gasteiger charge is 2.44. The number of sulfone groups is 1. The molecule has 7 rings (SSSR count). The van der Waals surface area contributed by atoms with Crippen LogP contribution in [0.25, 0.3) is 0 Å². The summed E-state index contributed by atoms with van der Waals surface area (Å²) in [6, 6.07) is 4.52. The monoisotopic (exact) mass is 1190 g/mol. The van der Waals surface area contributed by atoms with Crippen LogP contribution < -0.4 is 29.6 Å². The first-order valence-corrected chi connectivity index (χ1v) is 31.7. The maximum Gasteiger partial charge on any atom is 0.334 e. The molecule has 5 amide bonds. The molecular formula is C47H61N6O20PS4. The molecule has 0 aliphatic carbocycles. The van der Waals surface area contributed by atoms with Crippen LogP contribution in [0.4, 0.5) is 11.4 Å². The second-order valence-corrected chi connectivity index (χ2v) is 26.9. The summed E-state index contributed by atoms with van der Waals surface area (Å²) in [5.41, 5.74) is 2.20. The zero-order chi connectivity index (χ0) is 56.6. The summed E-state index contributed by atoms with van der Waals surface area (Å²) in [4.78, 5) is 85.8. The third-order valence-electron chi connectivity index (χ3n) is 13.3. The van der Waals surface area contributed by atoms with Crippen LogP contribution in [0, 0.1) is 0 Å². The van der Waals surface area contributed by atoms with Crippen molar-refractivity contribution in [3.05, 3.63) is 59.7 Å². The minimum absolute atomic E-state index is 0.0150. The van der Waals surface area contributed by atoms with Gasteiger partial charge < -0.3 is 53.7 Å². The van der Waals surface area contributed by atoms with E-state index in [1.54, 1.807) is 0 Å². The average Bonchev–Trinajstić information content (AvgIpc) is 4.12. The molecule has 5 heterocycles. The lowest BCUT2D eigenvalue weighted by Crippen LogP contribution is -2.45. The molecule has 5 aliphatic heterocycles. The Morgan fingerprint density at radius 3 is 1.72 bits per heavy atom. The Bertz CT molecular complexity index is 2780. The number of hydrogen-bond acceptors (Lipinski definition) is 21. The van der Waals surface area contributed by atoms with Crippen molar-refractivity contribution in [2.24, 2.45) is 0 Å². The van der Waals surface area contributed by atoms with E-state index in [4.69, 9.17) is 32.2 Å². The third-order valence-corrected chi connectivity index (χ3v) is 19.9. The first-order valence-electron chi connectivity index (χ1n) is 24.4. The van der Waals surface area contributed by atoms with E-state index < -0.39 is 106 Å². The number of amides is 5. The van der Waals surface area contributed by atoms with Crippen molar-refractivity contribution in [3.63, 3.8) is 0 Å². The largest absolute Gasteiger partial charge is 0.493 e. The van der Waals surface area contributed by atoms with Crippen LogP contribution in [0.1, 0.15) is 65.7 Å². The van der Waals surface area contributed by atoms with Gasteiger partial charge in [-0.15, -0.1) is 5.06 Å². The van der Waals surface area contributed by atoms with Crippen LogP contribution >= 0.6 is 18.9 Å². The van der Waals surface area contributed by atoms with Crippen molar-refractivity contribution >= 4 is 98.3 Å². The maximum absolute atomic E-state index is 15.1. The fraction of sp³-hybridized carbons (Fsp3) is 0.532. The Hall–Kier alpha value is -5.59. The van der Waals surface area contributed by atoms with Gasteiger partial charge in [0.1, 0.15) is 7.14 Å². The van der Waals surface area contributed by atoms with Gasteiger partial charge in [-0.25, -0.2) is 21.6 Å². The number of nitrogens with zero attached hydrogens (tertiary/aromatic N) is 4. The second kappa shape index (κ2) is 26.1. The number of thioether (sulfide) groups is 1. The van der Waals surface area contributed by atoms with Crippen molar-refractivity contribution in [3.8, 4) is 23.0 Å². The molecule has 0 bridgehead atoms. The highest BCUT2D eigenvalue weighted by Crippen LogP contribution is 2.47. The molecule has 2 aromatic rings. The Kier molecular flexibility index (Phi) is 20.1. The Labute approximate surface area is 459 Å². The van der Waals surface area contributed by atoms with Crippen LogP contribution in [-0.2, 0) is 69.5 Å². The molecule has 0 aromatic heterocycles. The fourth-order valence-corrected chi connectivity index (χ4v) is 15.1. The van der Waals surface area contributed by atoms with E-state index in [1.807, 2.05) is 0 Å². The molecule has 26 nitrogen and oxygen atoms in total. The summed E-state index contributed by atoms with van der Waals surface area (Å²) in [7, 11) is -3.00. The smallest absolute Gasteiger partial charge is 0.334 e. The molecule has 5 aliphatic rings. The summed E-state index contributed by atoms with van der Waals surface area (Å²) >= 11 is -4.14. The first kappa shape index (κ1) is 60.1. The summed E-state index contributed by atoms with van der Waals surface area (Å²) in [5, 5.41) is 6.44. The van der Waals surface area contributed by atoms with E-state index >= 15 is 4.57 Å². The van der Waals surface area contributed by atoms with Crippen LogP contribution in [0.15, 0.2) is 48.6 Å². The summed E-state index contributed by atoms with van der Waals surface area (Å²) < 4.78 is 118. The molecule has 78 heavy (non-hydrogen) atoms. The standard InChI is InChI=1S/C47H61N6O20PS4/c1-28-19-34-44(72-76(61)62)48-32-23-38(36(67-4)21-30(32)46(58)51(34)25-28)69-11-13-74(60,27-50(3)40(54)7-6-15-75-16-18-78(65,66)17-10-43(57)71-53-41(55)8-9-42(53)56)14-12-70-39-24-33-31(22-37(39)68-5)47(59)52-26-29(2)20-35(52)45(49-33)73-77(63)64/h21-24,34-35,44-45,48-49H,1-2,6-20,25-27H2,3-5H3,(H,61,62)(H,63,64)/t34-,35+,44?,45?,74?. The minimum Gasteiger partial charge on any atom is -0.493 e. The normalized spacial score (nSPS) is 21.5. The van der Waals surface area contributed by atoms with Crippen molar-refractivity contribution in [2.45, 2.75) is 69.5 Å². The molecular weight excluding hydrogens is 1130 g/mol. The van der Waals surface area contributed by atoms with Gasteiger partial charge in [-0.2, -0.15) is 20.2 Å². The highest BCUT2D eigenvalue weighted by molar-refractivity contribution is 8.00. The van der Waals surface area contributed by atoms with E-state index in [0.29, 0.717) is 30.1 Å². The van der Waals surface area contributed by atoms with Gasteiger partial charge in [0.05, 0.1) is 86.2 Å². The molecule has 3 fully saturated rings. The number of anilines is 2. The maximum atomic E-state index is 15.1. The number of ether oxygens (including phenoxy) is 4. The summed E-state index contributed by atoms with van der Waals surface area (Å²) in [6.07, 6.45) is -2.49. The van der Waals surface area contributed by atoms with Gasteiger partial charge in [0.2, 0.25) is 5.91 Å². The molecule has 428 valence electrons. The molecule has 4 N–H and O–H groups in total.